The lowest BCUT2D eigenvalue weighted by Crippen LogP contribution is -2.14. The second kappa shape index (κ2) is 6.72. The number of amides is 1. The van der Waals surface area contributed by atoms with E-state index >= 15 is 0 Å². The summed E-state index contributed by atoms with van der Waals surface area (Å²) in [6, 6.07) is 7.61. The van der Waals surface area contributed by atoms with Crippen LogP contribution in [0.4, 0.5) is 5.69 Å². The van der Waals surface area contributed by atoms with Crippen molar-refractivity contribution < 1.29 is 9.21 Å². The van der Waals surface area contributed by atoms with E-state index in [4.69, 9.17) is 4.42 Å². The van der Waals surface area contributed by atoms with Gasteiger partial charge in [0.2, 0.25) is 5.89 Å². The lowest BCUT2D eigenvalue weighted by molar-refractivity contribution is 0.102. The molecule has 3 aromatic rings. The van der Waals surface area contributed by atoms with Crippen LogP contribution in [0.15, 0.2) is 34.9 Å². The smallest absolute Gasteiger partial charge is 0.277 e. The zero-order valence-corrected chi connectivity index (χ0v) is 14.7. The Kier molecular flexibility index (Phi) is 4.26. The Bertz CT molecular complexity index is 902. The van der Waals surface area contributed by atoms with Gasteiger partial charge < -0.3 is 15.1 Å². The topological polar surface area (TPSA) is 97.9 Å². The highest BCUT2D eigenvalue weighted by Crippen LogP contribution is 2.23. The maximum absolute atomic E-state index is 12.4. The van der Waals surface area contributed by atoms with Gasteiger partial charge in [-0.2, -0.15) is 0 Å². The first kappa shape index (κ1) is 16.5. The van der Waals surface area contributed by atoms with Crippen molar-refractivity contribution in [3.63, 3.8) is 0 Å². The number of nitrogens with zero attached hydrogens (tertiary/aromatic N) is 4. The Balaban J connectivity index is 1.44. The first-order valence-electron chi connectivity index (χ1n) is 8.58. The van der Waals surface area contributed by atoms with Gasteiger partial charge in [-0.05, 0) is 51.1 Å². The summed E-state index contributed by atoms with van der Waals surface area (Å²) in [6.45, 7) is 5.61. The monoisotopic (exact) mass is 352 g/mol. The Hall–Kier alpha value is -3.00. The van der Waals surface area contributed by atoms with Crippen molar-refractivity contribution in [3.05, 3.63) is 47.6 Å². The fraction of sp³-hybridized carbons (Fsp3) is 0.333. The molecule has 1 saturated heterocycles. The van der Waals surface area contributed by atoms with Gasteiger partial charge in [0.1, 0.15) is 5.76 Å². The van der Waals surface area contributed by atoms with Crippen LogP contribution in [0.25, 0.3) is 11.5 Å². The van der Waals surface area contributed by atoms with Crippen LogP contribution in [-0.4, -0.2) is 39.0 Å². The fourth-order valence-corrected chi connectivity index (χ4v) is 2.91. The second-order valence-corrected chi connectivity index (χ2v) is 6.42. The second-order valence-electron chi connectivity index (χ2n) is 6.42. The Morgan fingerprint density at radius 1 is 1.31 bits per heavy atom. The summed E-state index contributed by atoms with van der Waals surface area (Å²) in [5, 5.41) is 14.2. The number of benzene rings is 1. The minimum Gasteiger partial charge on any atom is -0.441 e. The number of anilines is 1. The third-order valence-corrected chi connectivity index (χ3v) is 4.57. The molecule has 1 aliphatic heterocycles. The molecule has 0 aliphatic carbocycles. The fourth-order valence-electron chi connectivity index (χ4n) is 2.91. The number of oxazole rings is 1. The molecular formula is C18H20N6O2. The van der Waals surface area contributed by atoms with Gasteiger partial charge in [-0.25, -0.2) is 9.67 Å². The van der Waals surface area contributed by atoms with E-state index in [1.807, 2.05) is 38.1 Å². The zero-order chi connectivity index (χ0) is 18.1. The number of hydrogen-bond donors (Lipinski definition) is 2. The molecule has 134 valence electrons. The molecule has 1 fully saturated rings. The van der Waals surface area contributed by atoms with E-state index in [0.717, 1.165) is 36.5 Å². The molecule has 8 nitrogen and oxygen atoms in total. The average Bonchev–Trinajstić information content (AvgIpc) is 3.37. The number of aromatic nitrogens is 4. The van der Waals surface area contributed by atoms with E-state index in [2.05, 4.69) is 25.9 Å². The number of carbonyl (C=O) groups excluding carboxylic acids is 1. The maximum Gasteiger partial charge on any atom is 0.277 e. The van der Waals surface area contributed by atoms with E-state index in [0.29, 0.717) is 17.3 Å². The maximum atomic E-state index is 12.4. The molecule has 3 heterocycles. The van der Waals surface area contributed by atoms with Crippen LogP contribution in [0.1, 0.15) is 34.4 Å². The first-order chi connectivity index (χ1) is 12.6. The van der Waals surface area contributed by atoms with Crippen LogP contribution in [0, 0.1) is 13.8 Å². The van der Waals surface area contributed by atoms with Gasteiger partial charge in [-0.15, -0.1) is 5.10 Å². The summed E-state index contributed by atoms with van der Waals surface area (Å²) >= 11 is 0. The molecule has 1 atom stereocenters. The number of aryl methyl sites for hydroxylation is 2. The number of rotatable bonds is 4. The molecule has 26 heavy (non-hydrogen) atoms. The Labute approximate surface area is 150 Å². The van der Waals surface area contributed by atoms with Gasteiger partial charge in [0, 0.05) is 17.8 Å². The normalized spacial score (nSPS) is 16.8. The molecule has 1 aliphatic rings. The highest BCUT2D eigenvalue weighted by molar-refractivity contribution is 6.02. The van der Waals surface area contributed by atoms with E-state index in [1.54, 1.807) is 10.9 Å². The number of carbonyl (C=O) groups is 1. The van der Waals surface area contributed by atoms with E-state index < -0.39 is 0 Å². The molecule has 2 N–H and O–H groups in total. The molecular weight excluding hydrogens is 332 g/mol. The Morgan fingerprint density at radius 2 is 2.12 bits per heavy atom. The van der Waals surface area contributed by atoms with E-state index in [-0.39, 0.29) is 11.9 Å². The van der Waals surface area contributed by atoms with Gasteiger partial charge in [-0.1, -0.05) is 5.21 Å². The zero-order valence-electron chi connectivity index (χ0n) is 14.7. The summed E-state index contributed by atoms with van der Waals surface area (Å²) in [6.07, 6.45) is 2.69. The molecule has 2 aromatic heterocycles. The van der Waals surface area contributed by atoms with Crippen molar-refractivity contribution >= 4 is 11.6 Å². The third-order valence-electron chi connectivity index (χ3n) is 4.57. The van der Waals surface area contributed by atoms with Crippen LogP contribution in [0.2, 0.25) is 0 Å². The molecule has 1 amide bonds. The summed E-state index contributed by atoms with van der Waals surface area (Å²) in [4.78, 5) is 16.8. The van der Waals surface area contributed by atoms with Gasteiger partial charge in [0.15, 0.2) is 5.69 Å². The van der Waals surface area contributed by atoms with Crippen LogP contribution in [0.5, 0.6) is 0 Å². The van der Waals surface area contributed by atoms with E-state index in [9.17, 15) is 4.79 Å². The molecule has 1 aromatic carbocycles. The molecule has 0 spiro atoms. The highest BCUT2D eigenvalue weighted by atomic mass is 16.4. The molecule has 0 saturated carbocycles. The summed E-state index contributed by atoms with van der Waals surface area (Å²) < 4.78 is 7.37. The van der Waals surface area contributed by atoms with Crippen molar-refractivity contribution in [2.75, 3.05) is 18.4 Å². The van der Waals surface area contributed by atoms with Crippen molar-refractivity contribution in [1.82, 2.24) is 25.3 Å². The predicted molar refractivity (Wildman–Crippen MR) is 95.9 cm³/mol. The van der Waals surface area contributed by atoms with Crippen LogP contribution in [0.3, 0.4) is 0 Å². The summed E-state index contributed by atoms with van der Waals surface area (Å²) in [5.41, 5.74) is 2.72. The minimum absolute atomic E-state index is 0.260. The van der Waals surface area contributed by atoms with Crippen LogP contribution >= 0.6 is 0 Å². The van der Waals surface area contributed by atoms with Gasteiger partial charge >= 0.3 is 0 Å². The van der Waals surface area contributed by atoms with Gasteiger partial charge in [0.25, 0.3) is 5.91 Å². The molecule has 0 radical (unpaired) electrons. The van der Waals surface area contributed by atoms with Crippen molar-refractivity contribution in [1.29, 1.82) is 0 Å². The van der Waals surface area contributed by atoms with Crippen molar-refractivity contribution in [2.45, 2.75) is 26.3 Å². The predicted octanol–water partition coefficient (Wildman–Crippen LogP) is 2.34. The quantitative estimate of drug-likeness (QED) is 0.748. The SMILES string of the molecule is Cc1nc(-c2ccc(NC(=O)c3cn(C4CCNC4)nn3)cc2)oc1C. The van der Waals surface area contributed by atoms with Crippen LogP contribution < -0.4 is 10.6 Å². The molecule has 4 rings (SSSR count). The number of nitrogens with one attached hydrogen (secondary N) is 2. The van der Waals surface area contributed by atoms with E-state index in [1.165, 1.54) is 0 Å². The van der Waals surface area contributed by atoms with Crippen molar-refractivity contribution in [3.8, 4) is 11.5 Å². The lowest BCUT2D eigenvalue weighted by atomic mass is 10.2. The largest absolute Gasteiger partial charge is 0.441 e. The standard InChI is InChI=1S/C18H20N6O2/c1-11-12(2)26-18(20-11)13-3-5-14(6-4-13)21-17(25)16-10-24(23-22-16)15-7-8-19-9-15/h3-6,10,15,19H,7-9H2,1-2H3,(H,21,25). The minimum atomic E-state index is -0.280. The lowest BCUT2D eigenvalue weighted by Gasteiger charge is -2.06. The first-order valence-corrected chi connectivity index (χ1v) is 8.58. The van der Waals surface area contributed by atoms with Gasteiger partial charge in [-0.3, -0.25) is 4.79 Å². The van der Waals surface area contributed by atoms with Gasteiger partial charge in [0.05, 0.1) is 17.9 Å². The summed E-state index contributed by atoms with van der Waals surface area (Å²) in [5.74, 6) is 1.10. The van der Waals surface area contributed by atoms with Crippen molar-refractivity contribution in [2.24, 2.45) is 0 Å². The van der Waals surface area contributed by atoms with Crippen LogP contribution in [-0.2, 0) is 0 Å². The third kappa shape index (κ3) is 3.23. The Morgan fingerprint density at radius 3 is 2.77 bits per heavy atom. The summed E-state index contributed by atoms with van der Waals surface area (Å²) in [7, 11) is 0. The average molecular weight is 352 g/mol. The molecule has 1 unspecified atom stereocenters. The number of hydrogen-bond acceptors (Lipinski definition) is 6. The highest BCUT2D eigenvalue weighted by Gasteiger charge is 2.20. The molecule has 8 heteroatoms. The molecule has 0 bridgehead atoms.